The van der Waals surface area contributed by atoms with Gasteiger partial charge in [0, 0.05) is 39.1 Å². The lowest BCUT2D eigenvalue weighted by Crippen LogP contribution is -2.43. The van der Waals surface area contributed by atoms with E-state index in [9.17, 15) is 9.59 Å². The molecule has 1 amide bonds. The van der Waals surface area contributed by atoms with Crippen LogP contribution in [0.15, 0.2) is 60.7 Å². The summed E-state index contributed by atoms with van der Waals surface area (Å²) >= 11 is 18.3. The van der Waals surface area contributed by atoms with Gasteiger partial charge in [-0.15, -0.1) is 0 Å². The zero-order valence-corrected chi connectivity index (χ0v) is 21.6. The molecule has 0 radical (unpaired) electrons. The second-order valence-electron chi connectivity index (χ2n) is 8.91. The lowest BCUT2D eigenvalue weighted by atomic mass is 9.85. The van der Waals surface area contributed by atoms with Gasteiger partial charge in [-0.1, -0.05) is 53.0 Å². The van der Waals surface area contributed by atoms with Crippen LogP contribution in [0.25, 0.3) is 5.70 Å². The third-order valence-corrected chi connectivity index (χ3v) is 6.44. The molecule has 0 aliphatic carbocycles. The van der Waals surface area contributed by atoms with Crippen molar-refractivity contribution in [3.8, 4) is 5.75 Å². The molecule has 4 rings (SSSR count). The minimum Gasteiger partial charge on any atom is -0.497 e. The fourth-order valence-electron chi connectivity index (χ4n) is 4.07. The van der Waals surface area contributed by atoms with E-state index in [1.807, 2.05) is 18.2 Å². The Hall–Kier alpha value is -2.99. The number of rotatable bonds is 5. The molecular weight excluding hydrogens is 507 g/mol. The number of carbonyl (C=O) groups excluding carboxylic acids is 2. The molecule has 0 saturated carbocycles. The van der Waals surface area contributed by atoms with Crippen molar-refractivity contribution in [3.05, 3.63) is 98.0 Å². The van der Waals surface area contributed by atoms with Gasteiger partial charge >= 0.3 is 0 Å². The molecule has 2 N–H and O–H groups in total. The molecule has 35 heavy (non-hydrogen) atoms. The Morgan fingerprint density at radius 3 is 2.43 bits per heavy atom. The summed E-state index contributed by atoms with van der Waals surface area (Å²) in [6, 6.07) is 15.4. The summed E-state index contributed by atoms with van der Waals surface area (Å²) in [6.45, 7) is 4.17. The third-order valence-electron chi connectivity index (χ3n) is 5.63. The average Bonchev–Trinajstić information content (AvgIpc) is 2.77. The summed E-state index contributed by atoms with van der Waals surface area (Å²) in [6.07, 6.45) is 2.39. The van der Waals surface area contributed by atoms with Crippen LogP contribution in [-0.4, -0.2) is 24.3 Å². The first kappa shape index (κ1) is 25.1. The summed E-state index contributed by atoms with van der Waals surface area (Å²) in [5, 5.41) is 6.81. The van der Waals surface area contributed by atoms with Crippen LogP contribution in [-0.2, 0) is 6.42 Å². The van der Waals surface area contributed by atoms with E-state index >= 15 is 0 Å². The van der Waals surface area contributed by atoms with Gasteiger partial charge in [-0.3, -0.25) is 9.59 Å². The number of hydrogen-bond donors (Lipinski definition) is 2. The number of fused-ring (bicyclic) bond motifs is 1. The van der Waals surface area contributed by atoms with E-state index in [-0.39, 0.29) is 26.9 Å². The van der Waals surface area contributed by atoms with Gasteiger partial charge in [0.25, 0.3) is 5.91 Å². The first-order chi connectivity index (χ1) is 16.6. The van der Waals surface area contributed by atoms with E-state index in [1.165, 1.54) is 12.1 Å². The lowest BCUT2D eigenvalue weighted by molar-refractivity contribution is 0.102. The van der Waals surface area contributed by atoms with Crippen molar-refractivity contribution in [2.45, 2.75) is 25.8 Å². The Morgan fingerprint density at radius 2 is 1.74 bits per heavy atom. The van der Waals surface area contributed by atoms with Crippen LogP contribution < -0.4 is 15.4 Å². The zero-order chi connectivity index (χ0) is 25.3. The maximum atomic E-state index is 13.2. The van der Waals surface area contributed by atoms with Gasteiger partial charge in [-0.2, -0.15) is 0 Å². The normalized spacial score (nSPS) is 15.2. The van der Waals surface area contributed by atoms with E-state index in [4.69, 9.17) is 39.5 Å². The van der Waals surface area contributed by atoms with Gasteiger partial charge in [-0.25, -0.2) is 0 Å². The van der Waals surface area contributed by atoms with Gasteiger partial charge in [-0.05, 0) is 62.2 Å². The van der Waals surface area contributed by atoms with Crippen LogP contribution in [0.5, 0.6) is 5.75 Å². The highest BCUT2D eigenvalue weighted by Crippen LogP contribution is 2.33. The molecule has 0 spiro atoms. The molecular formula is C27H23Cl3N2O3. The van der Waals surface area contributed by atoms with E-state index < -0.39 is 5.91 Å². The van der Waals surface area contributed by atoms with Crippen molar-refractivity contribution in [1.82, 2.24) is 5.32 Å². The number of amides is 1. The van der Waals surface area contributed by atoms with Crippen LogP contribution in [0.2, 0.25) is 15.1 Å². The molecule has 0 bridgehead atoms. The van der Waals surface area contributed by atoms with Crippen molar-refractivity contribution in [2.75, 3.05) is 12.4 Å². The molecule has 0 aromatic heterocycles. The maximum Gasteiger partial charge on any atom is 0.258 e. The Kier molecular flexibility index (Phi) is 7.13. The number of ether oxygens (including phenoxy) is 1. The van der Waals surface area contributed by atoms with Crippen LogP contribution in [0.1, 0.15) is 45.7 Å². The predicted octanol–water partition coefficient (Wildman–Crippen LogP) is 7.06. The molecule has 0 unspecified atom stereocenters. The minimum atomic E-state index is -0.503. The summed E-state index contributed by atoms with van der Waals surface area (Å²) in [4.78, 5) is 26.0. The first-order valence-corrected chi connectivity index (χ1v) is 12.0. The molecule has 1 aliphatic heterocycles. The molecule has 3 aromatic rings. The number of methoxy groups -OCH3 is 1. The number of nitrogens with one attached hydrogen (secondary N) is 2. The van der Waals surface area contributed by atoms with Gasteiger partial charge in [0.2, 0.25) is 0 Å². The molecule has 0 fully saturated rings. The van der Waals surface area contributed by atoms with Crippen molar-refractivity contribution >= 4 is 57.9 Å². The van der Waals surface area contributed by atoms with Gasteiger partial charge in [0.15, 0.2) is 5.78 Å². The van der Waals surface area contributed by atoms with Crippen LogP contribution in [0.3, 0.4) is 0 Å². The molecule has 0 saturated heterocycles. The topological polar surface area (TPSA) is 67.4 Å². The summed E-state index contributed by atoms with van der Waals surface area (Å²) in [5.41, 5.74) is 3.50. The SMILES string of the molecule is COc1ccc2c(c1)/C(=C/C(=O)c1cccc(NC(=O)c3c(Cl)cc(Cl)cc3Cl)c1)NC(C)(C)C2. The van der Waals surface area contributed by atoms with Crippen molar-refractivity contribution in [2.24, 2.45) is 0 Å². The number of anilines is 1. The van der Waals surface area contributed by atoms with Crippen LogP contribution in [0.4, 0.5) is 5.69 Å². The van der Waals surface area contributed by atoms with E-state index in [1.54, 1.807) is 37.5 Å². The zero-order valence-electron chi connectivity index (χ0n) is 19.3. The van der Waals surface area contributed by atoms with Crippen LogP contribution in [0, 0.1) is 0 Å². The van der Waals surface area contributed by atoms with E-state index in [0.29, 0.717) is 27.7 Å². The van der Waals surface area contributed by atoms with Gasteiger partial charge in [0.1, 0.15) is 5.75 Å². The number of benzene rings is 3. The largest absolute Gasteiger partial charge is 0.497 e. The van der Waals surface area contributed by atoms with Crippen molar-refractivity contribution < 1.29 is 14.3 Å². The van der Waals surface area contributed by atoms with Gasteiger partial charge < -0.3 is 15.4 Å². The Bertz CT molecular complexity index is 1340. The Balaban J connectivity index is 1.62. The number of ketones is 1. The summed E-state index contributed by atoms with van der Waals surface area (Å²) in [7, 11) is 1.61. The molecule has 8 heteroatoms. The predicted molar refractivity (Wildman–Crippen MR) is 142 cm³/mol. The lowest BCUT2D eigenvalue weighted by Gasteiger charge is -2.35. The third kappa shape index (κ3) is 5.64. The smallest absolute Gasteiger partial charge is 0.258 e. The molecule has 0 atom stereocenters. The number of allylic oxidation sites excluding steroid dienone is 1. The van der Waals surface area contributed by atoms with Crippen molar-refractivity contribution in [1.29, 1.82) is 0 Å². The standard InChI is InChI=1S/C27H23Cl3N2O3/c1-27(2)14-16-7-8-19(35-3)12-20(16)23(32-27)13-24(33)15-5-4-6-18(9-15)31-26(34)25-21(29)10-17(28)11-22(25)30/h4-13,32H,14H2,1-3H3,(H,31,34)/b23-13-. The molecule has 3 aromatic carbocycles. The summed E-state index contributed by atoms with van der Waals surface area (Å²) < 4.78 is 5.38. The van der Waals surface area contributed by atoms with E-state index in [2.05, 4.69) is 24.5 Å². The fourth-order valence-corrected chi connectivity index (χ4v) is 5.06. The highest BCUT2D eigenvalue weighted by molar-refractivity contribution is 6.42. The monoisotopic (exact) mass is 528 g/mol. The maximum absolute atomic E-state index is 13.2. The first-order valence-electron chi connectivity index (χ1n) is 10.8. The average molecular weight is 530 g/mol. The minimum absolute atomic E-state index is 0.107. The number of hydrogen-bond acceptors (Lipinski definition) is 4. The molecule has 5 nitrogen and oxygen atoms in total. The second kappa shape index (κ2) is 9.94. The second-order valence-corrected chi connectivity index (χ2v) is 10.2. The highest BCUT2D eigenvalue weighted by atomic mass is 35.5. The molecule has 1 heterocycles. The number of halogens is 3. The van der Waals surface area contributed by atoms with Gasteiger partial charge in [0.05, 0.1) is 22.7 Å². The molecule has 180 valence electrons. The van der Waals surface area contributed by atoms with E-state index in [0.717, 1.165) is 17.5 Å². The van der Waals surface area contributed by atoms with Crippen molar-refractivity contribution in [3.63, 3.8) is 0 Å². The Morgan fingerprint density at radius 1 is 1.03 bits per heavy atom. The number of carbonyl (C=O) groups is 2. The highest BCUT2D eigenvalue weighted by Gasteiger charge is 2.28. The summed E-state index contributed by atoms with van der Waals surface area (Å²) in [5.74, 6) is 0.00167. The van der Waals surface area contributed by atoms with Crippen LogP contribution >= 0.6 is 34.8 Å². The fraction of sp³-hybridized carbons (Fsp3) is 0.185. The Labute approximate surface area is 219 Å². The molecule has 1 aliphatic rings. The quantitative estimate of drug-likeness (QED) is 0.274.